The van der Waals surface area contributed by atoms with Crippen LogP contribution < -0.4 is 5.32 Å². The van der Waals surface area contributed by atoms with Gasteiger partial charge in [0.05, 0.1) is 12.1 Å². The molecule has 0 bridgehead atoms. The van der Waals surface area contributed by atoms with E-state index in [2.05, 4.69) is 51.9 Å². The van der Waals surface area contributed by atoms with E-state index in [0.29, 0.717) is 12.4 Å². The molecule has 4 aromatic rings. The molecule has 0 saturated carbocycles. The number of hydrogen-bond donors (Lipinski definition) is 1. The summed E-state index contributed by atoms with van der Waals surface area (Å²) in [6.07, 6.45) is 1.85. The second kappa shape index (κ2) is 6.79. The second-order valence-electron chi connectivity index (χ2n) is 6.17. The molecule has 1 N–H and O–H groups in total. The topological polar surface area (TPSA) is 77.6 Å². The fraction of sp³-hybridized carbons (Fsp3) is 0.158. The number of para-hydroxylation sites is 1. The summed E-state index contributed by atoms with van der Waals surface area (Å²) in [6.45, 7) is 2.80. The molecule has 0 unspecified atom stereocenters. The SMILES string of the molecule is Cc1ccc(Cn2ccc(NC(=O)Cn3nnc4ccccc43)n2)cc1. The van der Waals surface area contributed by atoms with Gasteiger partial charge in [0.15, 0.2) is 5.82 Å². The van der Waals surface area contributed by atoms with Crippen LogP contribution in [0.2, 0.25) is 0 Å². The molecule has 0 spiro atoms. The van der Waals surface area contributed by atoms with E-state index in [1.807, 2.05) is 30.5 Å². The van der Waals surface area contributed by atoms with E-state index in [0.717, 1.165) is 16.6 Å². The van der Waals surface area contributed by atoms with Gasteiger partial charge in [-0.1, -0.05) is 47.2 Å². The number of benzene rings is 2. The van der Waals surface area contributed by atoms with E-state index in [1.165, 1.54) is 5.56 Å². The molecule has 0 aliphatic heterocycles. The van der Waals surface area contributed by atoms with Crippen LogP contribution in [0.25, 0.3) is 11.0 Å². The Morgan fingerprint density at radius 3 is 2.73 bits per heavy atom. The number of fused-ring (bicyclic) bond motifs is 1. The van der Waals surface area contributed by atoms with Crippen LogP contribution in [0.1, 0.15) is 11.1 Å². The van der Waals surface area contributed by atoms with Gasteiger partial charge >= 0.3 is 0 Å². The van der Waals surface area contributed by atoms with E-state index >= 15 is 0 Å². The molecule has 26 heavy (non-hydrogen) atoms. The molecular weight excluding hydrogens is 328 g/mol. The maximum atomic E-state index is 12.3. The molecule has 0 fully saturated rings. The average molecular weight is 346 g/mol. The van der Waals surface area contributed by atoms with E-state index in [4.69, 9.17) is 0 Å². The zero-order valence-electron chi connectivity index (χ0n) is 14.3. The summed E-state index contributed by atoms with van der Waals surface area (Å²) in [4.78, 5) is 12.3. The van der Waals surface area contributed by atoms with Gasteiger partial charge in [0.2, 0.25) is 5.91 Å². The van der Waals surface area contributed by atoms with E-state index in [9.17, 15) is 4.79 Å². The summed E-state index contributed by atoms with van der Waals surface area (Å²) in [5.41, 5.74) is 3.98. The Kier molecular flexibility index (Phi) is 4.18. The molecule has 0 radical (unpaired) electrons. The Morgan fingerprint density at radius 1 is 1.08 bits per heavy atom. The summed E-state index contributed by atoms with van der Waals surface area (Å²) in [5.74, 6) is 0.327. The zero-order chi connectivity index (χ0) is 17.9. The van der Waals surface area contributed by atoms with Crippen molar-refractivity contribution in [3.63, 3.8) is 0 Å². The molecule has 7 nitrogen and oxygen atoms in total. The lowest BCUT2D eigenvalue weighted by atomic mass is 10.1. The number of nitrogens with one attached hydrogen (secondary N) is 1. The van der Waals surface area contributed by atoms with Crippen molar-refractivity contribution in [2.24, 2.45) is 0 Å². The van der Waals surface area contributed by atoms with E-state index < -0.39 is 0 Å². The number of anilines is 1. The first-order chi connectivity index (χ1) is 12.7. The molecule has 1 amide bonds. The first-order valence-corrected chi connectivity index (χ1v) is 8.34. The highest BCUT2D eigenvalue weighted by atomic mass is 16.2. The lowest BCUT2D eigenvalue weighted by molar-refractivity contribution is -0.116. The Balaban J connectivity index is 1.40. The highest BCUT2D eigenvalue weighted by Gasteiger charge is 2.10. The van der Waals surface area contributed by atoms with Gasteiger partial charge in [-0.25, -0.2) is 4.68 Å². The lowest BCUT2D eigenvalue weighted by Crippen LogP contribution is -2.20. The number of nitrogens with zero attached hydrogens (tertiary/aromatic N) is 5. The quantitative estimate of drug-likeness (QED) is 0.602. The Bertz CT molecular complexity index is 1050. The number of carbonyl (C=O) groups excluding carboxylic acids is 1. The summed E-state index contributed by atoms with van der Waals surface area (Å²) in [5, 5.41) is 15.3. The van der Waals surface area contributed by atoms with Crippen LogP contribution in [-0.4, -0.2) is 30.7 Å². The molecular formula is C19H18N6O. The minimum Gasteiger partial charge on any atom is -0.308 e. The standard InChI is InChI=1S/C19H18N6O/c1-14-6-8-15(9-7-14)12-24-11-10-18(22-24)20-19(26)13-25-17-5-3-2-4-16(17)21-23-25/h2-11H,12-13H2,1H3,(H,20,22,26). The number of amides is 1. The minimum atomic E-state index is -0.193. The largest absolute Gasteiger partial charge is 0.308 e. The second-order valence-corrected chi connectivity index (χ2v) is 6.17. The predicted octanol–water partition coefficient (Wildman–Crippen LogP) is 2.62. The first kappa shape index (κ1) is 16.0. The van der Waals surface area contributed by atoms with Crippen molar-refractivity contribution >= 4 is 22.8 Å². The summed E-state index contributed by atoms with van der Waals surface area (Å²) in [7, 11) is 0. The number of hydrogen-bond acceptors (Lipinski definition) is 4. The third-order valence-electron chi connectivity index (χ3n) is 4.09. The molecule has 0 aliphatic carbocycles. The van der Waals surface area contributed by atoms with Gasteiger partial charge in [-0.3, -0.25) is 9.48 Å². The Morgan fingerprint density at radius 2 is 1.88 bits per heavy atom. The minimum absolute atomic E-state index is 0.0886. The third-order valence-corrected chi connectivity index (χ3v) is 4.09. The molecule has 2 aromatic heterocycles. The highest BCUT2D eigenvalue weighted by Crippen LogP contribution is 2.11. The van der Waals surface area contributed by atoms with Gasteiger partial charge in [0.1, 0.15) is 12.1 Å². The van der Waals surface area contributed by atoms with Crippen molar-refractivity contribution < 1.29 is 4.79 Å². The van der Waals surface area contributed by atoms with Crippen LogP contribution in [0.15, 0.2) is 60.8 Å². The molecule has 2 aromatic carbocycles. The van der Waals surface area contributed by atoms with Gasteiger partial charge in [0.25, 0.3) is 0 Å². The summed E-state index contributed by atoms with van der Waals surface area (Å²) in [6, 6.07) is 17.6. The van der Waals surface area contributed by atoms with Crippen LogP contribution >= 0.6 is 0 Å². The molecule has 130 valence electrons. The van der Waals surface area contributed by atoms with Crippen molar-refractivity contribution in [3.05, 3.63) is 71.9 Å². The average Bonchev–Trinajstić information content (AvgIpc) is 3.24. The van der Waals surface area contributed by atoms with Crippen LogP contribution in [-0.2, 0) is 17.9 Å². The molecule has 0 aliphatic rings. The maximum absolute atomic E-state index is 12.3. The molecule has 0 saturated heterocycles. The summed E-state index contributed by atoms with van der Waals surface area (Å²) < 4.78 is 3.37. The van der Waals surface area contributed by atoms with Gasteiger partial charge in [-0.15, -0.1) is 5.10 Å². The number of aryl methyl sites for hydroxylation is 1. The van der Waals surface area contributed by atoms with Crippen LogP contribution in [0.4, 0.5) is 5.82 Å². The van der Waals surface area contributed by atoms with E-state index in [-0.39, 0.29) is 12.5 Å². The van der Waals surface area contributed by atoms with Gasteiger partial charge in [0, 0.05) is 12.3 Å². The zero-order valence-corrected chi connectivity index (χ0v) is 14.3. The number of aromatic nitrogens is 5. The smallest absolute Gasteiger partial charge is 0.247 e. The Labute approximate surface area is 150 Å². The third kappa shape index (κ3) is 3.46. The summed E-state index contributed by atoms with van der Waals surface area (Å²) >= 11 is 0. The lowest BCUT2D eigenvalue weighted by Gasteiger charge is -2.04. The molecule has 4 rings (SSSR count). The Hall–Kier alpha value is -3.48. The van der Waals surface area contributed by atoms with Crippen molar-refractivity contribution in [1.29, 1.82) is 0 Å². The first-order valence-electron chi connectivity index (χ1n) is 8.34. The van der Waals surface area contributed by atoms with Gasteiger partial charge in [-0.2, -0.15) is 5.10 Å². The van der Waals surface area contributed by atoms with Crippen molar-refractivity contribution in [1.82, 2.24) is 24.8 Å². The van der Waals surface area contributed by atoms with Crippen LogP contribution in [0.5, 0.6) is 0 Å². The number of carbonyl (C=O) groups is 1. The highest BCUT2D eigenvalue weighted by molar-refractivity contribution is 5.90. The number of rotatable bonds is 5. The fourth-order valence-corrected chi connectivity index (χ4v) is 2.75. The molecule has 7 heteroatoms. The van der Waals surface area contributed by atoms with E-state index in [1.54, 1.807) is 15.4 Å². The normalized spacial score (nSPS) is 11.0. The maximum Gasteiger partial charge on any atom is 0.247 e. The fourth-order valence-electron chi connectivity index (χ4n) is 2.75. The monoisotopic (exact) mass is 346 g/mol. The van der Waals surface area contributed by atoms with Crippen molar-refractivity contribution in [2.45, 2.75) is 20.0 Å². The predicted molar refractivity (Wildman–Crippen MR) is 98.7 cm³/mol. The molecule has 0 atom stereocenters. The van der Waals surface area contributed by atoms with Crippen LogP contribution in [0, 0.1) is 6.92 Å². The van der Waals surface area contributed by atoms with Gasteiger partial charge in [-0.05, 0) is 24.6 Å². The van der Waals surface area contributed by atoms with Crippen LogP contribution in [0.3, 0.4) is 0 Å². The molecule has 2 heterocycles. The van der Waals surface area contributed by atoms with Crippen molar-refractivity contribution in [2.75, 3.05) is 5.32 Å². The van der Waals surface area contributed by atoms with Gasteiger partial charge < -0.3 is 5.32 Å². The van der Waals surface area contributed by atoms with Crippen molar-refractivity contribution in [3.8, 4) is 0 Å².